The van der Waals surface area contributed by atoms with Crippen molar-refractivity contribution in [1.29, 1.82) is 0 Å². The molecule has 0 unspecified atom stereocenters. The fourth-order valence-electron chi connectivity index (χ4n) is 2.29. The van der Waals surface area contributed by atoms with Crippen LogP contribution in [-0.4, -0.2) is 20.2 Å². The molecule has 0 spiro atoms. The monoisotopic (exact) mass is 312 g/mol. The molecule has 0 aliphatic rings. The maximum absolute atomic E-state index is 12.1. The lowest BCUT2D eigenvalue weighted by molar-refractivity contribution is 0.0447. The van der Waals surface area contributed by atoms with Gasteiger partial charge in [0.05, 0.1) is 19.8 Å². The standard InChI is InChI=1S/C18H16O5/c1-20-16-8-7-13(10-17(16)21-2)18(19)22-11-14-9-12-5-3-4-6-15(12)23-14/h3-10H,11H2,1-2H3. The molecular formula is C18H16O5. The van der Waals surface area contributed by atoms with Crippen molar-refractivity contribution in [3.63, 3.8) is 0 Å². The van der Waals surface area contributed by atoms with E-state index < -0.39 is 5.97 Å². The first-order valence-electron chi connectivity index (χ1n) is 7.08. The Morgan fingerprint density at radius 2 is 1.78 bits per heavy atom. The molecule has 1 aromatic heterocycles. The third-order valence-corrected chi connectivity index (χ3v) is 3.44. The van der Waals surface area contributed by atoms with E-state index in [-0.39, 0.29) is 6.61 Å². The highest BCUT2D eigenvalue weighted by molar-refractivity contribution is 5.90. The first-order valence-corrected chi connectivity index (χ1v) is 7.08. The number of fused-ring (bicyclic) bond motifs is 1. The van der Waals surface area contributed by atoms with Gasteiger partial charge in [-0.05, 0) is 30.3 Å². The van der Waals surface area contributed by atoms with Gasteiger partial charge in [-0.3, -0.25) is 0 Å². The fourth-order valence-corrected chi connectivity index (χ4v) is 2.29. The highest BCUT2D eigenvalue weighted by Crippen LogP contribution is 2.28. The number of para-hydroxylation sites is 1. The smallest absolute Gasteiger partial charge is 0.338 e. The van der Waals surface area contributed by atoms with E-state index in [0.29, 0.717) is 22.8 Å². The number of benzene rings is 2. The van der Waals surface area contributed by atoms with Gasteiger partial charge in [0.25, 0.3) is 0 Å². The van der Waals surface area contributed by atoms with E-state index in [4.69, 9.17) is 18.6 Å². The van der Waals surface area contributed by atoms with Crippen molar-refractivity contribution in [1.82, 2.24) is 0 Å². The Balaban J connectivity index is 1.71. The van der Waals surface area contributed by atoms with Crippen LogP contribution in [0.2, 0.25) is 0 Å². The number of hydrogen-bond donors (Lipinski definition) is 0. The quantitative estimate of drug-likeness (QED) is 0.671. The predicted molar refractivity (Wildman–Crippen MR) is 84.9 cm³/mol. The van der Waals surface area contributed by atoms with Crippen LogP contribution in [0.25, 0.3) is 11.0 Å². The predicted octanol–water partition coefficient (Wildman–Crippen LogP) is 3.81. The van der Waals surface area contributed by atoms with E-state index in [2.05, 4.69) is 0 Å². The zero-order valence-electron chi connectivity index (χ0n) is 12.9. The molecule has 0 aliphatic carbocycles. The van der Waals surface area contributed by atoms with E-state index >= 15 is 0 Å². The number of carbonyl (C=O) groups is 1. The van der Waals surface area contributed by atoms with Crippen LogP contribution in [0.3, 0.4) is 0 Å². The maximum Gasteiger partial charge on any atom is 0.338 e. The lowest BCUT2D eigenvalue weighted by atomic mass is 10.2. The Hall–Kier alpha value is -2.95. The average molecular weight is 312 g/mol. The van der Waals surface area contributed by atoms with Crippen LogP contribution in [0.1, 0.15) is 16.1 Å². The molecule has 3 aromatic rings. The summed E-state index contributed by atoms with van der Waals surface area (Å²) in [5.74, 6) is 1.18. The second-order valence-corrected chi connectivity index (χ2v) is 4.90. The third kappa shape index (κ3) is 3.13. The molecule has 118 valence electrons. The lowest BCUT2D eigenvalue weighted by Gasteiger charge is -2.09. The van der Waals surface area contributed by atoms with Gasteiger partial charge >= 0.3 is 5.97 Å². The molecule has 0 fully saturated rings. The van der Waals surface area contributed by atoms with Crippen molar-refractivity contribution in [2.45, 2.75) is 6.61 Å². The van der Waals surface area contributed by atoms with Gasteiger partial charge in [-0.1, -0.05) is 18.2 Å². The van der Waals surface area contributed by atoms with Crippen LogP contribution < -0.4 is 9.47 Å². The summed E-state index contributed by atoms with van der Waals surface area (Å²) < 4.78 is 21.2. The second kappa shape index (κ2) is 6.44. The molecule has 0 atom stereocenters. The molecule has 0 saturated carbocycles. The summed E-state index contributed by atoms with van der Waals surface area (Å²) >= 11 is 0. The molecule has 23 heavy (non-hydrogen) atoms. The third-order valence-electron chi connectivity index (χ3n) is 3.44. The van der Waals surface area contributed by atoms with Gasteiger partial charge in [0.1, 0.15) is 18.0 Å². The van der Waals surface area contributed by atoms with Crippen molar-refractivity contribution in [2.75, 3.05) is 14.2 Å². The first-order chi connectivity index (χ1) is 11.2. The summed E-state index contributed by atoms with van der Waals surface area (Å²) in [6.07, 6.45) is 0. The highest BCUT2D eigenvalue weighted by atomic mass is 16.5. The van der Waals surface area contributed by atoms with Gasteiger partial charge in [0.15, 0.2) is 11.5 Å². The molecule has 0 radical (unpaired) electrons. The summed E-state index contributed by atoms with van der Waals surface area (Å²) in [7, 11) is 3.05. The van der Waals surface area contributed by atoms with Crippen LogP contribution in [0.15, 0.2) is 52.9 Å². The number of carbonyl (C=O) groups excluding carboxylic acids is 1. The molecule has 5 nitrogen and oxygen atoms in total. The molecular weight excluding hydrogens is 296 g/mol. The average Bonchev–Trinajstić information content (AvgIpc) is 3.01. The van der Waals surface area contributed by atoms with Crippen molar-refractivity contribution < 1.29 is 23.4 Å². The number of methoxy groups -OCH3 is 2. The molecule has 2 aromatic carbocycles. The number of esters is 1. The normalized spacial score (nSPS) is 10.5. The van der Waals surface area contributed by atoms with E-state index in [9.17, 15) is 4.79 Å². The van der Waals surface area contributed by atoms with Crippen LogP contribution >= 0.6 is 0 Å². The molecule has 0 saturated heterocycles. The molecule has 1 heterocycles. The van der Waals surface area contributed by atoms with Gasteiger partial charge in [-0.2, -0.15) is 0 Å². The second-order valence-electron chi connectivity index (χ2n) is 4.90. The topological polar surface area (TPSA) is 57.9 Å². The van der Waals surface area contributed by atoms with Crippen LogP contribution in [0, 0.1) is 0 Å². The Labute approximate surface area is 133 Å². The van der Waals surface area contributed by atoms with Gasteiger partial charge in [-0.15, -0.1) is 0 Å². The zero-order valence-corrected chi connectivity index (χ0v) is 12.9. The van der Waals surface area contributed by atoms with E-state index in [1.165, 1.54) is 14.2 Å². The Morgan fingerprint density at radius 1 is 1.00 bits per heavy atom. The Morgan fingerprint density at radius 3 is 2.52 bits per heavy atom. The van der Waals surface area contributed by atoms with Crippen molar-refractivity contribution in [3.8, 4) is 11.5 Å². The minimum Gasteiger partial charge on any atom is -0.493 e. The first kappa shape index (κ1) is 15.0. The van der Waals surface area contributed by atoms with E-state index in [1.807, 2.05) is 30.3 Å². The van der Waals surface area contributed by atoms with Crippen LogP contribution in [0.5, 0.6) is 11.5 Å². The Bertz CT molecular complexity index is 801. The van der Waals surface area contributed by atoms with E-state index in [0.717, 1.165) is 11.0 Å². The minimum atomic E-state index is -0.452. The molecule has 3 rings (SSSR count). The number of rotatable bonds is 5. The van der Waals surface area contributed by atoms with Crippen LogP contribution in [-0.2, 0) is 11.3 Å². The van der Waals surface area contributed by atoms with Gasteiger partial charge in [-0.25, -0.2) is 4.79 Å². The largest absolute Gasteiger partial charge is 0.493 e. The lowest BCUT2D eigenvalue weighted by Crippen LogP contribution is -2.05. The zero-order chi connectivity index (χ0) is 16.2. The van der Waals surface area contributed by atoms with Gasteiger partial charge in [0, 0.05) is 5.39 Å². The van der Waals surface area contributed by atoms with Crippen molar-refractivity contribution in [3.05, 3.63) is 59.9 Å². The number of hydrogen-bond acceptors (Lipinski definition) is 5. The summed E-state index contributed by atoms with van der Waals surface area (Å²) in [6.45, 7) is 0.0713. The summed E-state index contributed by atoms with van der Waals surface area (Å²) in [5.41, 5.74) is 1.16. The van der Waals surface area contributed by atoms with E-state index in [1.54, 1.807) is 18.2 Å². The van der Waals surface area contributed by atoms with Crippen molar-refractivity contribution >= 4 is 16.9 Å². The SMILES string of the molecule is COc1ccc(C(=O)OCc2cc3ccccc3o2)cc1OC. The number of furan rings is 1. The van der Waals surface area contributed by atoms with Crippen molar-refractivity contribution in [2.24, 2.45) is 0 Å². The summed E-state index contributed by atoms with van der Waals surface area (Å²) in [5, 5.41) is 0.977. The maximum atomic E-state index is 12.1. The van der Waals surface area contributed by atoms with Gasteiger partial charge in [0.2, 0.25) is 0 Å². The number of ether oxygens (including phenoxy) is 3. The fraction of sp³-hybridized carbons (Fsp3) is 0.167. The molecule has 0 aliphatic heterocycles. The molecule has 0 amide bonds. The Kier molecular flexibility index (Phi) is 4.19. The molecule has 5 heteroatoms. The minimum absolute atomic E-state index is 0.0713. The molecule has 0 N–H and O–H groups in total. The summed E-state index contributed by atoms with van der Waals surface area (Å²) in [6, 6.07) is 14.4. The highest BCUT2D eigenvalue weighted by Gasteiger charge is 2.13. The molecule has 0 bridgehead atoms. The van der Waals surface area contributed by atoms with Gasteiger partial charge < -0.3 is 18.6 Å². The summed E-state index contributed by atoms with van der Waals surface area (Å²) in [4.78, 5) is 12.1. The van der Waals surface area contributed by atoms with Crippen LogP contribution in [0.4, 0.5) is 0 Å².